The molecule has 0 aliphatic heterocycles. The number of hydrogen-bond donors (Lipinski definition) is 1. The van der Waals surface area contributed by atoms with Crippen molar-refractivity contribution >= 4 is 11.6 Å². The third-order valence-corrected chi connectivity index (χ3v) is 3.51. The van der Waals surface area contributed by atoms with Gasteiger partial charge in [-0.05, 0) is 42.8 Å². The molecular formula is C18H20F2N4O4. The normalized spacial score (nSPS) is 12.1. The van der Waals surface area contributed by atoms with E-state index in [1.807, 2.05) is 0 Å². The Balaban J connectivity index is 1.99. The van der Waals surface area contributed by atoms with Crippen molar-refractivity contribution < 1.29 is 27.9 Å². The lowest BCUT2D eigenvalue weighted by Crippen LogP contribution is -2.28. The third-order valence-electron chi connectivity index (χ3n) is 3.51. The lowest BCUT2D eigenvalue weighted by Gasteiger charge is -2.06. The van der Waals surface area contributed by atoms with Gasteiger partial charge < -0.3 is 19.6 Å². The van der Waals surface area contributed by atoms with E-state index in [-0.39, 0.29) is 24.0 Å². The van der Waals surface area contributed by atoms with Crippen LogP contribution >= 0.6 is 0 Å². The Kier molecular flexibility index (Phi) is 7.49. The zero-order valence-electron chi connectivity index (χ0n) is 15.6. The van der Waals surface area contributed by atoms with Gasteiger partial charge in [0.15, 0.2) is 5.71 Å². The van der Waals surface area contributed by atoms with Gasteiger partial charge in [0.1, 0.15) is 19.5 Å². The Bertz CT molecular complexity index is 848. The first-order valence-electron chi connectivity index (χ1n) is 8.18. The number of oxime groups is 1. The van der Waals surface area contributed by atoms with Gasteiger partial charge in [0.2, 0.25) is 5.88 Å². The highest BCUT2D eigenvalue weighted by molar-refractivity contribution is 6.44. The summed E-state index contributed by atoms with van der Waals surface area (Å²) in [4.78, 5) is 16.4. The van der Waals surface area contributed by atoms with Crippen molar-refractivity contribution in [3.8, 4) is 17.3 Å². The number of carbonyl (C=O) groups excluding carboxylic acids is 1. The minimum absolute atomic E-state index is 0.0626. The van der Waals surface area contributed by atoms with Crippen molar-refractivity contribution in [1.82, 2.24) is 15.1 Å². The van der Waals surface area contributed by atoms with Crippen LogP contribution in [-0.4, -0.2) is 48.8 Å². The molecule has 1 aromatic carbocycles. The van der Waals surface area contributed by atoms with Crippen molar-refractivity contribution in [3.63, 3.8) is 0 Å². The highest BCUT2D eigenvalue weighted by atomic mass is 19.3. The number of alkyl halides is 2. The SMILES string of the molecule is CNC(=O)C(=N/OC)/C(C)=C/COc1ccn(-c2ccc(OC(F)F)cc2)n1. The molecule has 0 spiro atoms. The van der Waals surface area contributed by atoms with Crippen molar-refractivity contribution in [3.05, 3.63) is 48.2 Å². The molecule has 0 bridgehead atoms. The molecule has 2 rings (SSSR count). The number of halogens is 2. The number of ether oxygens (including phenoxy) is 2. The van der Waals surface area contributed by atoms with E-state index in [9.17, 15) is 13.6 Å². The van der Waals surface area contributed by atoms with Crippen LogP contribution in [0.25, 0.3) is 5.69 Å². The molecule has 0 aliphatic carbocycles. The predicted molar refractivity (Wildman–Crippen MR) is 98.0 cm³/mol. The van der Waals surface area contributed by atoms with E-state index in [0.29, 0.717) is 17.1 Å². The fourth-order valence-electron chi connectivity index (χ4n) is 2.16. The van der Waals surface area contributed by atoms with Gasteiger partial charge in [0.25, 0.3) is 5.91 Å². The monoisotopic (exact) mass is 394 g/mol. The summed E-state index contributed by atoms with van der Waals surface area (Å²) in [6, 6.07) is 7.68. The summed E-state index contributed by atoms with van der Waals surface area (Å²) >= 11 is 0. The number of rotatable bonds is 9. The maximum absolute atomic E-state index is 12.2. The van der Waals surface area contributed by atoms with Crippen LogP contribution in [0, 0.1) is 0 Å². The molecule has 28 heavy (non-hydrogen) atoms. The van der Waals surface area contributed by atoms with Crippen LogP contribution in [0.15, 0.2) is 53.3 Å². The average Bonchev–Trinajstić information content (AvgIpc) is 3.14. The molecule has 2 aromatic rings. The van der Waals surface area contributed by atoms with Crippen molar-refractivity contribution in [1.29, 1.82) is 0 Å². The molecule has 0 atom stereocenters. The van der Waals surface area contributed by atoms with Crippen LogP contribution < -0.4 is 14.8 Å². The second-order valence-corrected chi connectivity index (χ2v) is 5.37. The van der Waals surface area contributed by atoms with E-state index < -0.39 is 6.61 Å². The van der Waals surface area contributed by atoms with Gasteiger partial charge >= 0.3 is 6.61 Å². The number of benzene rings is 1. The third kappa shape index (κ3) is 5.79. The minimum atomic E-state index is -2.87. The molecule has 0 saturated carbocycles. The van der Waals surface area contributed by atoms with E-state index in [0.717, 1.165) is 0 Å². The van der Waals surface area contributed by atoms with Crippen LogP contribution in [0.2, 0.25) is 0 Å². The Morgan fingerprint density at radius 2 is 2.04 bits per heavy atom. The van der Waals surface area contributed by atoms with Gasteiger partial charge in [-0.2, -0.15) is 8.78 Å². The molecule has 1 aromatic heterocycles. The maximum Gasteiger partial charge on any atom is 0.387 e. The van der Waals surface area contributed by atoms with Gasteiger partial charge in [0, 0.05) is 19.3 Å². The largest absolute Gasteiger partial charge is 0.472 e. The minimum Gasteiger partial charge on any atom is -0.472 e. The van der Waals surface area contributed by atoms with Crippen LogP contribution in [0.3, 0.4) is 0 Å². The van der Waals surface area contributed by atoms with Gasteiger partial charge in [-0.15, -0.1) is 5.10 Å². The Morgan fingerprint density at radius 1 is 1.32 bits per heavy atom. The number of aromatic nitrogens is 2. The predicted octanol–water partition coefficient (Wildman–Crippen LogP) is 2.55. The van der Waals surface area contributed by atoms with E-state index in [1.54, 1.807) is 37.4 Å². The van der Waals surface area contributed by atoms with Crippen molar-refractivity contribution in [2.75, 3.05) is 20.8 Å². The van der Waals surface area contributed by atoms with Crippen molar-refractivity contribution in [2.45, 2.75) is 13.5 Å². The second-order valence-electron chi connectivity index (χ2n) is 5.37. The van der Waals surface area contributed by atoms with Crippen LogP contribution in [0.4, 0.5) is 8.78 Å². The van der Waals surface area contributed by atoms with Crippen LogP contribution in [-0.2, 0) is 9.63 Å². The highest BCUT2D eigenvalue weighted by Gasteiger charge is 2.12. The summed E-state index contributed by atoms with van der Waals surface area (Å²) in [6.07, 6.45) is 3.33. The van der Waals surface area contributed by atoms with Gasteiger partial charge in [-0.1, -0.05) is 5.16 Å². The smallest absolute Gasteiger partial charge is 0.387 e. The number of nitrogens with zero attached hydrogens (tertiary/aromatic N) is 3. The summed E-state index contributed by atoms with van der Waals surface area (Å²) in [5, 5.41) is 10.4. The molecule has 10 heteroatoms. The maximum atomic E-state index is 12.2. The zero-order valence-corrected chi connectivity index (χ0v) is 15.6. The first kappa shape index (κ1) is 20.9. The summed E-state index contributed by atoms with van der Waals surface area (Å²) < 4.78 is 35.7. The van der Waals surface area contributed by atoms with Crippen LogP contribution in [0.5, 0.6) is 11.6 Å². The first-order valence-corrected chi connectivity index (χ1v) is 8.18. The molecule has 0 saturated heterocycles. The first-order chi connectivity index (χ1) is 13.4. The second kappa shape index (κ2) is 10.0. The Morgan fingerprint density at radius 3 is 2.64 bits per heavy atom. The summed E-state index contributed by atoms with van der Waals surface area (Å²) in [6.45, 7) is -1.01. The van der Waals surface area contributed by atoms with Gasteiger partial charge in [0.05, 0.1) is 5.69 Å². The Labute approximate surface area is 160 Å². The standard InChI is InChI=1S/C18H20F2N4O4/c1-12(16(23-26-3)17(25)21-2)9-11-27-15-8-10-24(22-15)13-4-6-14(7-5-13)28-18(19)20/h4-10,18H,11H2,1-3H3,(H,21,25)/b12-9+,23-16+. The van der Waals surface area contributed by atoms with E-state index in [2.05, 4.69) is 25.1 Å². The number of carbonyl (C=O) groups is 1. The van der Waals surface area contributed by atoms with Crippen molar-refractivity contribution in [2.24, 2.45) is 5.16 Å². The van der Waals surface area contributed by atoms with Crippen LogP contribution in [0.1, 0.15) is 6.92 Å². The quantitative estimate of drug-likeness (QED) is 0.522. The molecule has 1 heterocycles. The number of amides is 1. The molecule has 0 aliphatic rings. The summed E-state index contributed by atoms with van der Waals surface area (Å²) in [5.41, 5.74) is 1.37. The molecule has 0 unspecified atom stereocenters. The summed E-state index contributed by atoms with van der Waals surface area (Å²) in [5.74, 6) is 0.0360. The lowest BCUT2D eigenvalue weighted by molar-refractivity contribution is -0.114. The molecular weight excluding hydrogens is 374 g/mol. The molecule has 1 N–H and O–H groups in total. The van der Waals surface area contributed by atoms with E-state index in [1.165, 1.54) is 31.0 Å². The Hall–Kier alpha value is -3.43. The molecule has 0 radical (unpaired) electrons. The molecule has 8 nitrogen and oxygen atoms in total. The van der Waals surface area contributed by atoms with Gasteiger partial charge in [-0.3, -0.25) is 4.79 Å². The zero-order chi connectivity index (χ0) is 20.5. The number of hydrogen-bond acceptors (Lipinski definition) is 6. The molecule has 1 amide bonds. The fourth-order valence-corrected chi connectivity index (χ4v) is 2.16. The van der Waals surface area contributed by atoms with E-state index in [4.69, 9.17) is 4.74 Å². The molecule has 0 fully saturated rings. The van der Waals surface area contributed by atoms with Gasteiger partial charge in [-0.25, -0.2) is 4.68 Å². The lowest BCUT2D eigenvalue weighted by atomic mass is 10.1. The highest BCUT2D eigenvalue weighted by Crippen LogP contribution is 2.18. The fraction of sp³-hybridized carbons (Fsp3) is 0.278. The summed E-state index contributed by atoms with van der Waals surface area (Å²) in [7, 11) is 2.85. The van der Waals surface area contributed by atoms with E-state index >= 15 is 0 Å². The average molecular weight is 394 g/mol. The number of nitrogens with one attached hydrogen (secondary N) is 1. The topological polar surface area (TPSA) is 87.0 Å². The molecule has 150 valence electrons.